The predicted octanol–water partition coefficient (Wildman–Crippen LogP) is 1.37. The molecule has 5 nitrogen and oxygen atoms in total. The third-order valence-electron chi connectivity index (χ3n) is 3.04. The molecule has 0 aliphatic heterocycles. The number of aromatic nitrogens is 3. The summed E-state index contributed by atoms with van der Waals surface area (Å²) in [5.74, 6) is 1.83. The molecule has 0 spiro atoms. The van der Waals surface area contributed by atoms with Crippen molar-refractivity contribution in [3.05, 3.63) is 18.6 Å². The van der Waals surface area contributed by atoms with Crippen LogP contribution in [0.4, 0.5) is 11.6 Å². The van der Waals surface area contributed by atoms with Crippen molar-refractivity contribution < 1.29 is 0 Å². The SMILES string of the molecule is CNc1cn2ccnc2c(N(C)C2CC2)n1. The molecule has 1 aliphatic carbocycles. The van der Waals surface area contributed by atoms with E-state index >= 15 is 0 Å². The van der Waals surface area contributed by atoms with Gasteiger partial charge in [-0.15, -0.1) is 0 Å². The minimum Gasteiger partial charge on any atom is -0.372 e. The molecule has 1 saturated carbocycles. The molecule has 0 atom stereocenters. The van der Waals surface area contributed by atoms with Gasteiger partial charge in [0.1, 0.15) is 5.82 Å². The highest BCUT2D eigenvalue weighted by Crippen LogP contribution is 2.31. The molecule has 1 fully saturated rings. The lowest BCUT2D eigenvalue weighted by molar-refractivity contribution is 0.887. The fraction of sp³-hybridized carbons (Fsp3) is 0.455. The zero-order valence-electron chi connectivity index (χ0n) is 9.51. The van der Waals surface area contributed by atoms with E-state index in [0.29, 0.717) is 6.04 Å². The van der Waals surface area contributed by atoms with Crippen molar-refractivity contribution in [3.63, 3.8) is 0 Å². The first-order valence-corrected chi connectivity index (χ1v) is 5.54. The Kier molecular flexibility index (Phi) is 1.99. The number of rotatable bonds is 3. The zero-order chi connectivity index (χ0) is 11.1. The maximum Gasteiger partial charge on any atom is 0.180 e. The summed E-state index contributed by atoms with van der Waals surface area (Å²) in [6.07, 6.45) is 8.22. The van der Waals surface area contributed by atoms with Gasteiger partial charge in [-0.3, -0.25) is 0 Å². The van der Waals surface area contributed by atoms with Crippen LogP contribution in [0, 0.1) is 0 Å². The minimum atomic E-state index is 0.639. The van der Waals surface area contributed by atoms with Gasteiger partial charge in [-0.1, -0.05) is 0 Å². The van der Waals surface area contributed by atoms with Crippen molar-refractivity contribution >= 4 is 17.3 Å². The van der Waals surface area contributed by atoms with Gasteiger partial charge in [0.25, 0.3) is 0 Å². The van der Waals surface area contributed by atoms with Crippen LogP contribution < -0.4 is 10.2 Å². The molecule has 0 radical (unpaired) electrons. The van der Waals surface area contributed by atoms with Gasteiger partial charge >= 0.3 is 0 Å². The minimum absolute atomic E-state index is 0.639. The van der Waals surface area contributed by atoms with Crippen LogP contribution in [0.3, 0.4) is 0 Å². The number of hydrogen-bond donors (Lipinski definition) is 1. The van der Waals surface area contributed by atoms with Gasteiger partial charge in [0.2, 0.25) is 0 Å². The number of nitrogens with one attached hydrogen (secondary N) is 1. The summed E-state index contributed by atoms with van der Waals surface area (Å²) >= 11 is 0. The van der Waals surface area contributed by atoms with Crippen LogP contribution >= 0.6 is 0 Å². The first-order chi connectivity index (χ1) is 7.79. The Morgan fingerprint density at radius 2 is 2.31 bits per heavy atom. The second-order valence-electron chi connectivity index (χ2n) is 4.20. The van der Waals surface area contributed by atoms with E-state index in [9.17, 15) is 0 Å². The van der Waals surface area contributed by atoms with Crippen LogP contribution in [0.25, 0.3) is 5.65 Å². The summed E-state index contributed by atoms with van der Waals surface area (Å²) in [6, 6.07) is 0.639. The molecule has 84 valence electrons. The lowest BCUT2D eigenvalue weighted by Gasteiger charge is -2.18. The molecule has 0 bridgehead atoms. The van der Waals surface area contributed by atoms with E-state index in [-0.39, 0.29) is 0 Å². The van der Waals surface area contributed by atoms with Crippen LogP contribution in [-0.4, -0.2) is 34.5 Å². The number of imidazole rings is 1. The summed E-state index contributed by atoms with van der Waals surface area (Å²) in [5.41, 5.74) is 0.924. The molecule has 1 N–H and O–H groups in total. The lowest BCUT2D eigenvalue weighted by atomic mass is 10.5. The van der Waals surface area contributed by atoms with Crippen molar-refractivity contribution in [3.8, 4) is 0 Å². The van der Waals surface area contributed by atoms with E-state index in [4.69, 9.17) is 0 Å². The summed E-state index contributed by atoms with van der Waals surface area (Å²) in [7, 11) is 3.97. The van der Waals surface area contributed by atoms with Gasteiger partial charge in [0, 0.05) is 32.5 Å². The maximum absolute atomic E-state index is 4.58. The van der Waals surface area contributed by atoms with Crippen molar-refractivity contribution in [2.24, 2.45) is 0 Å². The second-order valence-corrected chi connectivity index (χ2v) is 4.20. The van der Waals surface area contributed by atoms with Crippen LogP contribution in [-0.2, 0) is 0 Å². The number of nitrogens with zero attached hydrogens (tertiary/aromatic N) is 4. The second kappa shape index (κ2) is 3.37. The first kappa shape index (κ1) is 9.45. The molecule has 0 saturated heterocycles. The third kappa shape index (κ3) is 1.39. The fourth-order valence-corrected chi connectivity index (χ4v) is 1.91. The quantitative estimate of drug-likeness (QED) is 0.843. The summed E-state index contributed by atoms with van der Waals surface area (Å²) in [5, 5.41) is 3.08. The first-order valence-electron chi connectivity index (χ1n) is 5.54. The molecule has 0 unspecified atom stereocenters. The Morgan fingerprint density at radius 3 is 3.00 bits per heavy atom. The van der Waals surface area contributed by atoms with Crippen LogP contribution in [0.15, 0.2) is 18.6 Å². The highest BCUT2D eigenvalue weighted by molar-refractivity contribution is 5.67. The summed E-state index contributed by atoms with van der Waals surface area (Å²) in [6.45, 7) is 0. The lowest BCUT2D eigenvalue weighted by Crippen LogP contribution is -2.22. The molecule has 16 heavy (non-hydrogen) atoms. The molecule has 3 rings (SSSR count). The largest absolute Gasteiger partial charge is 0.372 e. The standard InChI is InChI=1S/C11H15N5/c1-12-9-7-16-6-5-13-10(16)11(14-9)15(2)8-3-4-8/h5-8,12H,3-4H2,1-2H3. The topological polar surface area (TPSA) is 45.5 Å². The zero-order valence-corrected chi connectivity index (χ0v) is 9.51. The van der Waals surface area contributed by atoms with E-state index in [2.05, 4.69) is 27.2 Å². The van der Waals surface area contributed by atoms with Crippen molar-refractivity contribution in [2.45, 2.75) is 18.9 Å². The van der Waals surface area contributed by atoms with Crippen molar-refractivity contribution in [2.75, 3.05) is 24.3 Å². The van der Waals surface area contributed by atoms with E-state index < -0.39 is 0 Å². The Labute approximate surface area is 94.1 Å². The van der Waals surface area contributed by atoms with Gasteiger partial charge in [-0.05, 0) is 12.8 Å². The molecular formula is C11H15N5. The van der Waals surface area contributed by atoms with E-state index in [1.165, 1.54) is 12.8 Å². The van der Waals surface area contributed by atoms with E-state index in [1.807, 2.05) is 23.8 Å². The summed E-state index contributed by atoms with van der Waals surface area (Å²) < 4.78 is 2.01. The Balaban J connectivity index is 2.15. The molecule has 2 aromatic rings. The van der Waals surface area contributed by atoms with Crippen LogP contribution in [0.2, 0.25) is 0 Å². The number of hydrogen-bond acceptors (Lipinski definition) is 4. The molecule has 1 aliphatic rings. The van der Waals surface area contributed by atoms with Gasteiger partial charge < -0.3 is 14.6 Å². The van der Waals surface area contributed by atoms with Crippen LogP contribution in [0.5, 0.6) is 0 Å². The smallest absolute Gasteiger partial charge is 0.180 e. The van der Waals surface area contributed by atoms with Gasteiger partial charge in [-0.2, -0.15) is 0 Å². The highest BCUT2D eigenvalue weighted by atomic mass is 15.3. The monoisotopic (exact) mass is 217 g/mol. The molecule has 2 aromatic heterocycles. The van der Waals surface area contributed by atoms with Crippen molar-refractivity contribution in [1.82, 2.24) is 14.4 Å². The van der Waals surface area contributed by atoms with E-state index in [0.717, 1.165) is 17.3 Å². The molecule has 0 amide bonds. The number of anilines is 2. The normalized spacial score (nSPS) is 15.4. The van der Waals surface area contributed by atoms with Gasteiger partial charge in [0.15, 0.2) is 11.5 Å². The summed E-state index contributed by atoms with van der Waals surface area (Å²) in [4.78, 5) is 11.2. The Hall–Kier alpha value is -1.78. The van der Waals surface area contributed by atoms with Gasteiger partial charge in [-0.25, -0.2) is 9.97 Å². The average Bonchev–Trinajstić information content (AvgIpc) is 3.05. The van der Waals surface area contributed by atoms with Crippen molar-refractivity contribution in [1.29, 1.82) is 0 Å². The molecule has 5 heteroatoms. The fourth-order valence-electron chi connectivity index (χ4n) is 1.91. The molecule has 2 heterocycles. The number of fused-ring (bicyclic) bond motifs is 1. The highest BCUT2D eigenvalue weighted by Gasteiger charge is 2.28. The van der Waals surface area contributed by atoms with E-state index in [1.54, 1.807) is 6.20 Å². The van der Waals surface area contributed by atoms with Crippen LogP contribution in [0.1, 0.15) is 12.8 Å². The molecular weight excluding hydrogens is 202 g/mol. The Morgan fingerprint density at radius 1 is 1.50 bits per heavy atom. The maximum atomic E-state index is 4.58. The van der Waals surface area contributed by atoms with Gasteiger partial charge in [0.05, 0.1) is 6.20 Å². The predicted molar refractivity (Wildman–Crippen MR) is 64.0 cm³/mol. The Bertz CT molecular complexity index is 514. The average molecular weight is 217 g/mol. The molecule has 0 aromatic carbocycles. The third-order valence-corrected chi connectivity index (χ3v) is 3.04.